The van der Waals surface area contributed by atoms with E-state index < -0.39 is 29.4 Å². The lowest BCUT2D eigenvalue weighted by molar-refractivity contribution is -0.139. The fourth-order valence-corrected chi connectivity index (χ4v) is 1.32. The number of nitrogens with zero attached hydrogens (tertiary/aromatic N) is 2. The van der Waals surface area contributed by atoms with Crippen LogP contribution in [-0.2, 0) is 6.18 Å². The number of amides is 1. The number of aromatic nitrogens is 2. The Bertz CT molecular complexity index is 653. The van der Waals surface area contributed by atoms with Gasteiger partial charge in [-0.05, 0) is 18.2 Å². The minimum atomic E-state index is -4.84. The second-order valence-corrected chi connectivity index (χ2v) is 3.59. The number of nitrogens with one attached hydrogen (secondary N) is 1. The molecule has 0 aliphatic carbocycles. The molecular formula is C10H6F4N4O2. The van der Waals surface area contributed by atoms with Gasteiger partial charge in [0.25, 0.3) is 0 Å². The fraction of sp³-hybridized carbons (Fsp3) is 0.100. The number of carbonyl (C=O) groups is 1. The highest BCUT2D eigenvalue weighted by atomic mass is 19.4. The van der Waals surface area contributed by atoms with Crippen molar-refractivity contribution in [2.45, 2.75) is 6.18 Å². The van der Waals surface area contributed by atoms with Crippen molar-refractivity contribution in [3.63, 3.8) is 0 Å². The van der Waals surface area contributed by atoms with E-state index in [0.29, 0.717) is 12.1 Å². The molecule has 1 heterocycles. The van der Waals surface area contributed by atoms with Gasteiger partial charge in [-0.2, -0.15) is 13.2 Å². The Hall–Kier alpha value is -2.65. The first-order chi connectivity index (χ1) is 9.27. The van der Waals surface area contributed by atoms with Crippen molar-refractivity contribution in [1.82, 2.24) is 10.2 Å². The summed E-state index contributed by atoms with van der Waals surface area (Å²) in [5, 5.41) is 8.90. The third kappa shape index (κ3) is 2.84. The zero-order chi connectivity index (χ0) is 14.9. The van der Waals surface area contributed by atoms with Crippen molar-refractivity contribution in [3.8, 4) is 0 Å². The standard InChI is InChI=1S/C10H6F4N4O2/c11-6-2-1-4(3-5(6)10(12,13)14)16-9-18-17-8(20-9)7(15)19/h1-3H,(H2,15,19)(H,16,18). The van der Waals surface area contributed by atoms with Gasteiger partial charge in [0.1, 0.15) is 5.82 Å². The van der Waals surface area contributed by atoms with Crippen LogP contribution in [0.15, 0.2) is 22.6 Å². The topological polar surface area (TPSA) is 94.0 Å². The van der Waals surface area contributed by atoms with E-state index in [1.54, 1.807) is 0 Å². The Labute approximate surface area is 108 Å². The normalized spacial score (nSPS) is 11.4. The molecule has 0 saturated heterocycles. The zero-order valence-corrected chi connectivity index (χ0v) is 9.53. The van der Waals surface area contributed by atoms with Crippen LogP contribution in [0, 0.1) is 5.82 Å². The van der Waals surface area contributed by atoms with Gasteiger partial charge >= 0.3 is 24.0 Å². The van der Waals surface area contributed by atoms with Crippen LogP contribution < -0.4 is 11.1 Å². The minimum Gasteiger partial charge on any atom is -0.399 e. The van der Waals surface area contributed by atoms with E-state index in [1.165, 1.54) is 0 Å². The average Bonchev–Trinajstić information content (AvgIpc) is 2.79. The lowest BCUT2D eigenvalue weighted by atomic mass is 10.2. The molecule has 0 spiro atoms. The van der Waals surface area contributed by atoms with Gasteiger partial charge < -0.3 is 15.5 Å². The third-order valence-electron chi connectivity index (χ3n) is 2.16. The maximum Gasteiger partial charge on any atom is 0.419 e. The van der Waals surface area contributed by atoms with Crippen LogP contribution in [0.3, 0.4) is 0 Å². The zero-order valence-electron chi connectivity index (χ0n) is 9.53. The average molecular weight is 290 g/mol. The smallest absolute Gasteiger partial charge is 0.399 e. The molecule has 106 valence electrons. The molecule has 0 fully saturated rings. The molecule has 0 atom stereocenters. The Morgan fingerprint density at radius 1 is 1.30 bits per heavy atom. The summed E-state index contributed by atoms with van der Waals surface area (Å²) in [5.41, 5.74) is 3.27. The largest absolute Gasteiger partial charge is 0.419 e. The van der Waals surface area contributed by atoms with Crippen LogP contribution >= 0.6 is 0 Å². The molecule has 0 unspecified atom stereocenters. The van der Waals surface area contributed by atoms with E-state index in [-0.39, 0.29) is 11.7 Å². The molecule has 20 heavy (non-hydrogen) atoms. The van der Waals surface area contributed by atoms with Gasteiger partial charge in [0.05, 0.1) is 5.56 Å². The molecule has 10 heteroatoms. The van der Waals surface area contributed by atoms with Crippen LogP contribution in [0.2, 0.25) is 0 Å². The number of rotatable bonds is 3. The Morgan fingerprint density at radius 3 is 2.55 bits per heavy atom. The monoisotopic (exact) mass is 290 g/mol. The van der Waals surface area contributed by atoms with E-state index in [0.717, 1.165) is 6.07 Å². The number of carbonyl (C=O) groups excluding carboxylic acids is 1. The van der Waals surface area contributed by atoms with E-state index in [4.69, 9.17) is 10.2 Å². The molecule has 1 aromatic heterocycles. The fourth-order valence-electron chi connectivity index (χ4n) is 1.32. The molecule has 2 rings (SSSR count). The first-order valence-corrected chi connectivity index (χ1v) is 5.04. The number of benzene rings is 1. The van der Waals surface area contributed by atoms with Gasteiger partial charge in [0, 0.05) is 5.69 Å². The van der Waals surface area contributed by atoms with Crippen molar-refractivity contribution < 1.29 is 26.8 Å². The molecule has 3 N–H and O–H groups in total. The van der Waals surface area contributed by atoms with Crippen molar-refractivity contribution in [2.24, 2.45) is 5.73 Å². The Balaban J connectivity index is 2.27. The highest BCUT2D eigenvalue weighted by molar-refractivity contribution is 5.87. The highest BCUT2D eigenvalue weighted by Crippen LogP contribution is 2.33. The summed E-state index contributed by atoms with van der Waals surface area (Å²) < 4.78 is 55.3. The SMILES string of the molecule is NC(=O)c1nnc(Nc2ccc(F)c(C(F)(F)F)c2)o1. The maximum atomic E-state index is 13.1. The van der Waals surface area contributed by atoms with Crippen molar-refractivity contribution in [3.05, 3.63) is 35.5 Å². The summed E-state index contributed by atoms with van der Waals surface area (Å²) in [4.78, 5) is 10.7. The van der Waals surface area contributed by atoms with Crippen LogP contribution in [0.5, 0.6) is 0 Å². The molecule has 1 amide bonds. The number of primary amides is 1. The third-order valence-corrected chi connectivity index (χ3v) is 2.16. The first-order valence-electron chi connectivity index (χ1n) is 5.04. The molecule has 2 aromatic rings. The molecule has 0 bridgehead atoms. The summed E-state index contributed by atoms with van der Waals surface area (Å²) in [7, 11) is 0. The van der Waals surface area contributed by atoms with Crippen molar-refractivity contribution in [1.29, 1.82) is 0 Å². The van der Waals surface area contributed by atoms with Gasteiger partial charge in [0.15, 0.2) is 0 Å². The van der Waals surface area contributed by atoms with Gasteiger partial charge in [-0.3, -0.25) is 4.79 Å². The van der Waals surface area contributed by atoms with Gasteiger partial charge in [-0.25, -0.2) is 4.39 Å². The molecule has 0 saturated carbocycles. The maximum absolute atomic E-state index is 13.1. The quantitative estimate of drug-likeness (QED) is 0.844. The molecular weight excluding hydrogens is 284 g/mol. The predicted octanol–water partition coefficient (Wildman–Crippen LogP) is 2.07. The number of anilines is 2. The molecule has 1 aromatic carbocycles. The van der Waals surface area contributed by atoms with E-state index in [1.807, 2.05) is 0 Å². The Morgan fingerprint density at radius 2 is 2.00 bits per heavy atom. The van der Waals surface area contributed by atoms with Crippen molar-refractivity contribution >= 4 is 17.6 Å². The summed E-state index contributed by atoms with van der Waals surface area (Å²) >= 11 is 0. The molecule has 6 nitrogen and oxygen atoms in total. The lowest BCUT2D eigenvalue weighted by Gasteiger charge is -2.09. The van der Waals surface area contributed by atoms with Gasteiger partial charge in [-0.15, -0.1) is 5.10 Å². The summed E-state index contributed by atoms with van der Waals surface area (Å²) in [6.45, 7) is 0. The van der Waals surface area contributed by atoms with Gasteiger partial charge in [-0.1, -0.05) is 5.10 Å². The number of nitrogens with two attached hydrogens (primary N) is 1. The predicted molar refractivity (Wildman–Crippen MR) is 57.5 cm³/mol. The minimum absolute atomic E-state index is 0.140. The molecule has 0 radical (unpaired) electrons. The number of hydrogen-bond donors (Lipinski definition) is 2. The molecule has 0 aliphatic rings. The Kier molecular flexibility index (Phi) is 3.30. The second-order valence-electron chi connectivity index (χ2n) is 3.59. The summed E-state index contributed by atoms with van der Waals surface area (Å²) in [6.07, 6.45) is -4.84. The number of halogens is 4. The number of alkyl halides is 3. The van der Waals surface area contributed by atoms with Crippen LogP contribution in [0.4, 0.5) is 29.3 Å². The van der Waals surface area contributed by atoms with Crippen LogP contribution in [0.25, 0.3) is 0 Å². The molecule has 0 aliphatic heterocycles. The number of hydrogen-bond acceptors (Lipinski definition) is 5. The van der Waals surface area contributed by atoms with Gasteiger partial charge in [0.2, 0.25) is 0 Å². The van der Waals surface area contributed by atoms with Crippen molar-refractivity contribution in [2.75, 3.05) is 5.32 Å². The summed E-state index contributed by atoms with van der Waals surface area (Å²) in [5.74, 6) is -2.90. The first kappa shape index (κ1) is 13.8. The van der Waals surface area contributed by atoms with E-state index >= 15 is 0 Å². The second kappa shape index (κ2) is 4.79. The van der Waals surface area contributed by atoms with Crippen LogP contribution in [0.1, 0.15) is 16.2 Å². The van der Waals surface area contributed by atoms with Crippen LogP contribution in [-0.4, -0.2) is 16.1 Å². The van der Waals surface area contributed by atoms with E-state index in [2.05, 4.69) is 15.5 Å². The van der Waals surface area contributed by atoms with E-state index in [9.17, 15) is 22.4 Å². The summed E-state index contributed by atoms with van der Waals surface area (Å²) in [6, 6.07) is 1.86. The highest BCUT2D eigenvalue weighted by Gasteiger charge is 2.34. The lowest BCUT2D eigenvalue weighted by Crippen LogP contribution is -2.11.